The normalized spacial score (nSPS) is 20.3. The van der Waals surface area contributed by atoms with Gasteiger partial charge in [0.05, 0.1) is 11.3 Å². The molecule has 0 bridgehead atoms. The van der Waals surface area contributed by atoms with Crippen LogP contribution in [0.3, 0.4) is 0 Å². The molecule has 0 N–H and O–H groups in total. The van der Waals surface area contributed by atoms with Gasteiger partial charge in [-0.25, -0.2) is 0 Å². The van der Waals surface area contributed by atoms with E-state index in [0.29, 0.717) is 0 Å². The Labute approximate surface area is 142 Å². The van der Waals surface area contributed by atoms with Crippen molar-refractivity contribution >= 4 is 12.0 Å². The van der Waals surface area contributed by atoms with Crippen molar-refractivity contribution in [2.45, 2.75) is 25.4 Å². The van der Waals surface area contributed by atoms with E-state index in [1.54, 1.807) is 0 Å². The molecule has 0 aliphatic carbocycles. The predicted octanol–water partition coefficient (Wildman–Crippen LogP) is 4.22. The van der Waals surface area contributed by atoms with E-state index in [1.165, 1.54) is 19.3 Å². The Morgan fingerprint density at radius 2 is 1.62 bits per heavy atom. The highest BCUT2D eigenvalue weighted by Gasteiger charge is 2.32. The summed E-state index contributed by atoms with van der Waals surface area (Å²) < 4.78 is 6.23. The van der Waals surface area contributed by atoms with Gasteiger partial charge < -0.3 is 9.64 Å². The van der Waals surface area contributed by atoms with Gasteiger partial charge in [-0.05, 0) is 37.0 Å². The van der Waals surface area contributed by atoms with E-state index in [9.17, 15) is 4.79 Å². The standard InChI is InChI=1S/C21H21NO2/c23-15-18-20(22-13-7-2-8-14-22)17-11-5-6-12-19(17)24-21(18)16-9-3-1-4-10-16/h1,3-6,9-12,15,21H,2,7-8,13-14H2. The number of fused-ring (bicyclic) bond motifs is 1. The zero-order valence-electron chi connectivity index (χ0n) is 13.7. The van der Waals surface area contributed by atoms with Crippen LogP contribution in [0.5, 0.6) is 5.75 Å². The van der Waals surface area contributed by atoms with Gasteiger partial charge in [-0.1, -0.05) is 42.5 Å². The Kier molecular flexibility index (Phi) is 4.08. The summed E-state index contributed by atoms with van der Waals surface area (Å²) >= 11 is 0. The van der Waals surface area contributed by atoms with Gasteiger partial charge in [0.1, 0.15) is 5.75 Å². The van der Waals surface area contributed by atoms with E-state index in [-0.39, 0.29) is 6.10 Å². The Hall–Kier alpha value is -2.55. The first-order chi connectivity index (χ1) is 11.9. The molecule has 0 aromatic heterocycles. The van der Waals surface area contributed by atoms with Crippen molar-refractivity contribution in [3.05, 3.63) is 71.3 Å². The first-order valence-corrected chi connectivity index (χ1v) is 8.64. The summed E-state index contributed by atoms with van der Waals surface area (Å²) in [6.45, 7) is 2.00. The van der Waals surface area contributed by atoms with Crippen molar-refractivity contribution in [1.29, 1.82) is 0 Å². The second-order valence-corrected chi connectivity index (χ2v) is 6.37. The van der Waals surface area contributed by atoms with Crippen LogP contribution in [0.2, 0.25) is 0 Å². The maximum absolute atomic E-state index is 12.0. The lowest BCUT2D eigenvalue weighted by Gasteiger charge is -2.37. The highest BCUT2D eigenvalue weighted by molar-refractivity contribution is 5.91. The molecule has 0 radical (unpaired) electrons. The quantitative estimate of drug-likeness (QED) is 0.794. The summed E-state index contributed by atoms with van der Waals surface area (Å²) in [5, 5.41) is 0. The number of rotatable bonds is 3. The van der Waals surface area contributed by atoms with E-state index in [4.69, 9.17) is 4.74 Å². The van der Waals surface area contributed by atoms with Crippen LogP contribution in [0.15, 0.2) is 60.2 Å². The monoisotopic (exact) mass is 319 g/mol. The molecule has 0 saturated carbocycles. The van der Waals surface area contributed by atoms with Crippen molar-refractivity contribution in [1.82, 2.24) is 4.90 Å². The van der Waals surface area contributed by atoms with Crippen LogP contribution >= 0.6 is 0 Å². The van der Waals surface area contributed by atoms with Crippen LogP contribution < -0.4 is 4.74 Å². The van der Waals surface area contributed by atoms with Crippen molar-refractivity contribution in [2.75, 3.05) is 13.1 Å². The van der Waals surface area contributed by atoms with Crippen molar-refractivity contribution < 1.29 is 9.53 Å². The first-order valence-electron chi connectivity index (χ1n) is 8.64. The summed E-state index contributed by atoms with van der Waals surface area (Å²) in [5.41, 5.74) is 3.85. The molecule has 2 heterocycles. The van der Waals surface area contributed by atoms with Gasteiger partial charge in [-0.15, -0.1) is 0 Å². The molecule has 24 heavy (non-hydrogen) atoms. The summed E-state index contributed by atoms with van der Waals surface area (Å²) in [5.74, 6) is 0.859. The number of carbonyl (C=O) groups excluding carboxylic acids is 1. The van der Waals surface area contributed by atoms with E-state index in [2.05, 4.69) is 11.0 Å². The maximum atomic E-state index is 12.0. The fourth-order valence-corrected chi connectivity index (χ4v) is 3.70. The molecule has 2 aliphatic heterocycles. The number of hydrogen-bond acceptors (Lipinski definition) is 3. The van der Waals surface area contributed by atoms with Crippen LogP contribution in [0, 0.1) is 0 Å². The second-order valence-electron chi connectivity index (χ2n) is 6.37. The number of aldehydes is 1. The predicted molar refractivity (Wildman–Crippen MR) is 94.7 cm³/mol. The Morgan fingerprint density at radius 3 is 2.38 bits per heavy atom. The minimum atomic E-state index is -0.337. The number of nitrogens with zero attached hydrogens (tertiary/aromatic N) is 1. The molecular weight excluding hydrogens is 298 g/mol. The van der Waals surface area contributed by atoms with E-state index >= 15 is 0 Å². The zero-order valence-corrected chi connectivity index (χ0v) is 13.7. The number of likely N-dealkylation sites (tertiary alicyclic amines) is 1. The van der Waals surface area contributed by atoms with Crippen LogP contribution in [0.25, 0.3) is 5.70 Å². The molecule has 3 nitrogen and oxygen atoms in total. The van der Waals surface area contributed by atoms with Gasteiger partial charge in [0.2, 0.25) is 0 Å². The number of benzene rings is 2. The fraction of sp³-hybridized carbons (Fsp3) is 0.286. The van der Waals surface area contributed by atoms with E-state index in [0.717, 1.165) is 47.5 Å². The minimum absolute atomic E-state index is 0.337. The van der Waals surface area contributed by atoms with Gasteiger partial charge in [-0.2, -0.15) is 0 Å². The van der Waals surface area contributed by atoms with Crippen molar-refractivity contribution in [3.63, 3.8) is 0 Å². The summed E-state index contributed by atoms with van der Waals surface area (Å²) in [4.78, 5) is 14.4. The third-order valence-corrected chi connectivity index (χ3v) is 4.84. The van der Waals surface area contributed by atoms with Crippen molar-refractivity contribution in [2.24, 2.45) is 0 Å². The molecule has 122 valence electrons. The van der Waals surface area contributed by atoms with Gasteiger partial charge >= 0.3 is 0 Å². The average molecular weight is 319 g/mol. The third-order valence-electron chi connectivity index (χ3n) is 4.84. The van der Waals surface area contributed by atoms with Gasteiger partial charge in [0, 0.05) is 18.7 Å². The molecule has 1 atom stereocenters. The molecule has 4 rings (SSSR count). The van der Waals surface area contributed by atoms with Crippen molar-refractivity contribution in [3.8, 4) is 5.75 Å². The summed E-state index contributed by atoms with van der Waals surface area (Å²) in [6, 6.07) is 18.1. The molecule has 0 spiro atoms. The Morgan fingerprint density at radius 1 is 0.917 bits per heavy atom. The molecule has 1 saturated heterocycles. The van der Waals surface area contributed by atoms with Crippen LogP contribution in [-0.4, -0.2) is 24.3 Å². The second kappa shape index (κ2) is 6.52. The molecule has 3 heteroatoms. The lowest BCUT2D eigenvalue weighted by atomic mass is 9.92. The van der Waals surface area contributed by atoms with E-state index < -0.39 is 0 Å². The largest absolute Gasteiger partial charge is 0.480 e. The molecule has 1 unspecified atom stereocenters. The topological polar surface area (TPSA) is 29.5 Å². The summed E-state index contributed by atoms with van der Waals surface area (Å²) in [6.07, 6.45) is 4.26. The average Bonchev–Trinajstić information content (AvgIpc) is 2.67. The Balaban J connectivity index is 1.87. The molecule has 2 aliphatic rings. The maximum Gasteiger partial charge on any atom is 0.154 e. The number of carbonyl (C=O) groups is 1. The number of para-hydroxylation sites is 1. The number of piperidine rings is 1. The van der Waals surface area contributed by atoms with Gasteiger partial charge in [0.15, 0.2) is 12.4 Å². The Bertz CT molecular complexity index is 760. The van der Waals surface area contributed by atoms with Gasteiger partial charge in [-0.3, -0.25) is 4.79 Å². The lowest BCUT2D eigenvalue weighted by Crippen LogP contribution is -2.32. The zero-order chi connectivity index (χ0) is 16.4. The first kappa shape index (κ1) is 15.0. The summed E-state index contributed by atoms with van der Waals surface area (Å²) in [7, 11) is 0. The third kappa shape index (κ3) is 2.60. The highest BCUT2D eigenvalue weighted by atomic mass is 16.5. The number of ether oxygens (including phenoxy) is 1. The van der Waals surface area contributed by atoms with Gasteiger partial charge in [0.25, 0.3) is 0 Å². The molecule has 2 aromatic rings. The smallest absolute Gasteiger partial charge is 0.154 e. The fourth-order valence-electron chi connectivity index (χ4n) is 3.70. The SMILES string of the molecule is O=CC1=C(N2CCCCC2)c2ccccc2OC1c1ccccc1. The van der Waals surface area contributed by atoms with Crippen LogP contribution in [0.4, 0.5) is 0 Å². The molecular formula is C21H21NO2. The minimum Gasteiger partial charge on any atom is -0.480 e. The molecule has 0 amide bonds. The highest BCUT2D eigenvalue weighted by Crippen LogP contribution is 2.43. The lowest BCUT2D eigenvalue weighted by molar-refractivity contribution is -0.105. The van der Waals surface area contributed by atoms with Crippen LogP contribution in [0.1, 0.15) is 36.5 Å². The molecule has 1 fully saturated rings. The van der Waals surface area contributed by atoms with E-state index in [1.807, 2.05) is 48.5 Å². The molecule has 2 aromatic carbocycles. The number of hydrogen-bond donors (Lipinski definition) is 0. The van der Waals surface area contributed by atoms with Crippen LogP contribution in [-0.2, 0) is 4.79 Å².